The van der Waals surface area contributed by atoms with Crippen molar-refractivity contribution in [2.24, 2.45) is 0 Å². The fourth-order valence-electron chi connectivity index (χ4n) is 0.515. The molecule has 0 atom stereocenters. The van der Waals surface area contributed by atoms with Crippen LogP contribution in [0.15, 0.2) is 17.3 Å². The van der Waals surface area contributed by atoms with Crippen LogP contribution in [0.2, 0.25) is 0 Å². The molecule has 0 aliphatic heterocycles. The van der Waals surface area contributed by atoms with Crippen LogP contribution in [-0.4, -0.2) is 10.2 Å². The van der Waals surface area contributed by atoms with Gasteiger partial charge in [-0.05, 0) is 12.5 Å². The average molecular weight is 95.2 g/mol. The molecule has 1 heteroatoms. The van der Waals surface area contributed by atoms with Gasteiger partial charge in [0.15, 0.2) is 0 Å². The Kier molecular flexibility index (Phi) is 0.924. The van der Waals surface area contributed by atoms with Gasteiger partial charge in [-0.3, -0.25) is 0 Å². The SMILES string of the molecule is [SiH3]C1=[C]CC=C1. The molecule has 0 unspecified atom stereocenters. The lowest BCUT2D eigenvalue weighted by atomic mass is 10.5. The van der Waals surface area contributed by atoms with Crippen molar-refractivity contribution in [3.63, 3.8) is 0 Å². The first-order valence-electron chi connectivity index (χ1n) is 2.13. The van der Waals surface area contributed by atoms with Gasteiger partial charge in [-0.15, -0.1) is 0 Å². The van der Waals surface area contributed by atoms with Crippen LogP contribution in [0.25, 0.3) is 0 Å². The molecule has 0 spiro atoms. The maximum absolute atomic E-state index is 3.19. The monoisotopic (exact) mass is 95.0 g/mol. The van der Waals surface area contributed by atoms with Gasteiger partial charge in [0.05, 0.1) is 0 Å². The molecular formula is C5H7Si. The summed E-state index contributed by atoms with van der Waals surface area (Å²) in [5.41, 5.74) is 0. The van der Waals surface area contributed by atoms with Crippen molar-refractivity contribution in [2.75, 3.05) is 0 Å². The van der Waals surface area contributed by atoms with Crippen molar-refractivity contribution in [3.05, 3.63) is 23.4 Å². The minimum absolute atomic E-state index is 1.05. The van der Waals surface area contributed by atoms with E-state index in [-0.39, 0.29) is 0 Å². The van der Waals surface area contributed by atoms with Crippen molar-refractivity contribution >= 4 is 10.2 Å². The van der Waals surface area contributed by atoms with Crippen LogP contribution in [0.1, 0.15) is 6.42 Å². The molecule has 1 aliphatic carbocycles. The standard InChI is InChI=1S/C5H7Si/c6-5-3-1-2-4-5/h1,3H,2H2,6H3. The van der Waals surface area contributed by atoms with Crippen molar-refractivity contribution in [3.8, 4) is 0 Å². The third-order valence-corrected chi connectivity index (χ3v) is 1.55. The fraction of sp³-hybridized carbons (Fsp3) is 0.200. The Hall–Kier alpha value is -0.303. The zero-order valence-corrected chi connectivity index (χ0v) is 5.86. The Morgan fingerprint density at radius 3 is 2.83 bits per heavy atom. The molecular weight excluding hydrogens is 88.1 g/mol. The predicted octanol–water partition coefficient (Wildman–Crippen LogP) is -0.00121. The highest BCUT2D eigenvalue weighted by Gasteiger charge is 1.85. The van der Waals surface area contributed by atoms with E-state index in [0.29, 0.717) is 0 Å². The molecule has 1 rings (SSSR count). The van der Waals surface area contributed by atoms with Crippen LogP contribution in [0.4, 0.5) is 0 Å². The highest BCUT2D eigenvalue weighted by atomic mass is 28.1. The molecule has 0 fully saturated rings. The lowest BCUT2D eigenvalue weighted by molar-refractivity contribution is 1.39. The van der Waals surface area contributed by atoms with Crippen LogP contribution in [0.3, 0.4) is 0 Å². The van der Waals surface area contributed by atoms with Gasteiger partial charge in [0.1, 0.15) is 0 Å². The number of rotatable bonds is 0. The molecule has 1 aliphatic rings. The molecule has 0 nitrogen and oxygen atoms in total. The van der Waals surface area contributed by atoms with E-state index < -0.39 is 0 Å². The summed E-state index contributed by atoms with van der Waals surface area (Å²) in [5, 5.41) is 1.41. The molecule has 0 saturated carbocycles. The first-order valence-corrected chi connectivity index (χ1v) is 3.13. The van der Waals surface area contributed by atoms with Gasteiger partial charge >= 0.3 is 0 Å². The summed E-state index contributed by atoms with van der Waals surface area (Å²) in [5.74, 6) is 0. The summed E-state index contributed by atoms with van der Waals surface area (Å²) in [6.07, 6.45) is 8.53. The smallest absolute Gasteiger partial charge is 0.0388 e. The summed E-state index contributed by atoms with van der Waals surface area (Å²) in [7, 11) is 1.17. The van der Waals surface area contributed by atoms with E-state index in [4.69, 9.17) is 0 Å². The third-order valence-electron chi connectivity index (χ3n) is 0.867. The molecule has 0 aromatic heterocycles. The van der Waals surface area contributed by atoms with Crippen molar-refractivity contribution in [2.45, 2.75) is 6.42 Å². The summed E-state index contributed by atoms with van der Waals surface area (Å²) >= 11 is 0. The first-order chi connectivity index (χ1) is 2.89. The average Bonchev–Trinajstić information content (AvgIpc) is 1.86. The predicted molar refractivity (Wildman–Crippen MR) is 30.5 cm³/mol. The Morgan fingerprint density at radius 2 is 2.67 bits per heavy atom. The zero-order chi connectivity index (χ0) is 4.41. The first kappa shape index (κ1) is 3.87. The zero-order valence-electron chi connectivity index (χ0n) is 3.86. The highest BCUT2D eigenvalue weighted by Crippen LogP contribution is 2.00. The lowest BCUT2D eigenvalue weighted by Crippen LogP contribution is -1.64. The highest BCUT2D eigenvalue weighted by molar-refractivity contribution is 6.23. The van der Waals surface area contributed by atoms with Gasteiger partial charge in [0, 0.05) is 10.2 Å². The Labute approximate surface area is 41.0 Å². The number of hydrogen-bond donors (Lipinski definition) is 0. The van der Waals surface area contributed by atoms with E-state index in [1.54, 1.807) is 0 Å². The van der Waals surface area contributed by atoms with Crippen LogP contribution in [0, 0.1) is 6.08 Å². The maximum atomic E-state index is 3.19. The maximum Gasteiger partial charge on any atom is 0.0388 e. The van der Waals surface area contributed by atoms with Crippen LogP contribution in [0.5, 0.6) is 0 Å². The molecule has 0 N–H and O–H groups in total. The second-order valence-corrected chi connectivity index (χ2v) is 2.54. The minimum Gasteiger partial charge on any atom is -0.0803 e. The summed E-state index contributed by atoms with van der Waals surface area (Å²) in [6, 6.07) is 0. The topological polar surface area (TPSA) is 0 Å². The van der Waals surface area contributed by atoms with Crippen LogP contribution < -0.4 is 0 Å². The summed E-state index contributed by atoms with van der Waals surface area (Å²) < 4.78 is 0. The summed E-state index contributed by atoms with van der Waals surface area (Å²) in [4.78, 5) is 0. The lowest BCUT2D eigenvalue weighted by Gasteiger charge is -1.71. The number of hydrogen-bond acceptors (Lipinski definition) is 0. The normalized spacial score (nSPS) is 19.0. The quantitative estimate of drug-likeness (QED) is 0.371. The third kappa shape index (κ3) is 0.600. The molecule has 0 aromatic carbocycles. The van der Waals surface area contributed by atoms with E-state index in [1.807, 2.05) is 0 Å². The van der Waals surface area contributed by atoms with Crippen LogP contribution in [-0.2, 0) is 0 Å². The summed E-state index contributed by atoms with van der Waals surface area (Å²) in [6.45, 7) is 0. The van der Waals surface area contributed by atoms with Gasteiger partial charge in [-0.2, -0.15) is 0 Å². The van der Waals surface area contributed by atoms with Gasteiger partial charge in [0.2, 0.25) is 0 Å². The van der Waals surface area contributed by atoms with Gasteiger partial charge in [-0.25, -0.2) is 0 Å². The largest absolute Gasteiger partial charge is 0.0803 e. The second kappa shape index (κ2) is 1.43. The Morgan fingerprint density at radius 1 is 1.83 bits per heavy atom. The molecule has 0 saturated heterocycles. The molecule has 0 heterocycles. The van der Waals surface area contributed by atoms with E-state index >= 15 is 0 Å². The Balaban J connectivity index is 2.68. The Bertz CT molecular complexity index is 97.8. The van der Waals surface area contributed by atoms with Crippen molar-refractivity contribution in [1.29, 1.82) is 0 Å². The molecule has 0 aromatic rings. The van der Waals surface area contributed by atoms with E-state index in [9.17, 15) is 0 Å². The van der Waals surface area contributed by atoms with E-state index in [1.165, 1.54) is 15.4 Å². The van der Waals surface area contributed by atoms with Crippen molar-refractivity contribution < 1.29 is 0 Å². The second-order valence-electron chi connectivity index (χ2n) is 1.47. The van der Waals surface area contributed by atoms with Gasteiger partial charge in [0.25, 0.3) is 0 Å². The minimum atomic E-state index is 1.05. The van der Waals surface area contributed by atoms with E-state index in [2.05, 4.69) is 18.2 Å². The molecule has 1 radical (unpaired) electrons. The van der Waals surface area contributed by atoms with Crippen LogP contribution >= 0.6 is 0 Å². The molecule has 0 amide bonds. The van der Waals surface area contributed by atoms with Crippen molar-refractivity contribution in [1.82, 2.24) is 0 Å². The van der Waals surface area contributed by atoms with Gasteiger partial charge < -0.3 is 0 Å². The molecule has 6 heavy (non-hydrogen) atoms. The van der Waals surface area contributed by atoms with E-state index in [0.717, 1.165) is 6.42 Å². The fourth-order valence-corrected chi connectivity index (χ4v) is 0.954. The number of allylic oxidation sites excluding steroid dienone is 4. The molecule has 31 valence electrons. The van der Waals surface area contributed by atoms with Gasteiger partial charge in [-0.1, -0.05) is 17.3 Å². The molecule has 0 bridgehead atoms.